The number of rotatable bonds is 4. The van der Waals surface area contributed by atoms with Crippen molar-refractivity contribution in [1.82, 2.24) is 10.3 Å². The van der Waals surface area contributed by atoms with Crippen molar-refractivity contribution in [1.29, 1.82) is 0 Å². The molecule has 0 aliphatic heterocycles. The van der Waals surface area contributed by atoms with Gasteiger partial charge in [-0.2, -0.15) is 0 Å². The van der Waals surface area contributed by atoms with Gasteiger partial charge in [-0.25, -0.2) is 4.39 Å². The minimum atomic E-state index is -0.259. The van der Waals surface area contributed by atoms with Crippen LogP contribution < -0.4 is 5.32 Å². The Hall–Kier alpha value is -1.45. The van der Waals surface area contributed by atoms with Crippen LogP contribution >= 0.6 is 11.6 Å². The molecular weight excluding hydrogens is 251 g/mol. The van der Waals surface area contributed by atoms with Gasteiger partial charge >= 0.3 is 0 Å². The van der Waals surface area contributed by atoms with Crippen LogP contribution in [0.15, 0.2) is 42.6 Å². The lowest BCUT2D eigenvalue weighted by Gasteiger charge is -2.17. The van der Waals surface area contributed by atoms with Crippen LogP contribution in [0, 0.1) is 5.82 Å². The standard InChI is InChI=1S/C14H14ClFN2/c1-17-9-12(14-4-2-3-7-18-14)11-8-10(15)5-6-13(11)16/h2-8,12,17H,9H2,1H3. The van der Waals surface area contributed by atoms with Gasteiger partial charge < -0.3 is 5.32 Å². The number of aromatic nitrogens is 1. The monoisotopic (exact) mass is 264 g/mol. The maximum absolute atomic E-state index is 13.9. The van der Waals surface area contributed by atoms with Crippen LogP contribution in [-0.4, -0.2) is 18.6 Å². The highest BCUT2D eigenvalue weighted by Crippen LogP contribution is 2.27. The van der Waals surface area contributed by atoms with Crippen LogP contribution in [0.2, 0.25) is 5.02 Å². The minimum Gasteiger partial charge on any atom is -0.319 e. The molecule has 18 heavy (non-hydrogen) atoms. The summed E-state index contributed by atoms with van der Waals surface area (Å²) in [6.07, 6.45) is 1.71. The molecule has 0 fully saturated rings. The van der Waals surface area contributed by atoms with Gasteiger partial charge in [0.05, 0.1) is 0 Å². The summed E-state index contributed by atoms with van der Waals surface area (Å²) in [5, 5.41) is 3.59. The second-order valence-electron chi connectivity index (χ2n) is 4.03. The smallest absolute Gasteiger partial charge is 0.127 e. The zero-order valence-corrected chi connectivity index (χ0v) is 10.8. The minimum absolute atomic E-state index is 0.144. The number of pyridine rings is 1. The molecule has 0 spiro atoms. The molecule has 1 heterocycles. The highest BCUT2D eigenvalue weighted by molar-refractivity contribution is 6.30. The molecule has 94 valence electrons. The highest BCUT2D eigenvalue weighted by atomic mass is 35.5. The van der Waals surface area contributed by atoms with Crippen molar-refractivity contribution in [3.8, 4) is 0 Å². The molecule has 1 unspecified atom stereocenters. The first kappa shape index (κ1) is 13.0. The number of nitrogens with one attached hydrogen (secondary N) is 1. The molecule has 2 rings (SSSR count). The number of hydrogen-bond acceptors (Lipinski definition) is 2. The third-order valence-electron chi connectivity index (χ3n) is 2.79. The van der Waals surface area contributed by atoms with Gasteiger partial charge in [0.15, 0.2) is 0 Å². The Kier molecular flexibility index (Phi) is 4.28. The van der Waals surface area contributed by atoms with E-state index in [0.717, 1.165) is 5.69 Å². The molecule has 1 atom stereocenters. The molecule has 2 aromatic rings. The molecule has 0 aliphatic rings. The predicted octanol–water partition coefficient (Wildman–Crippen LogP) is 3.23. The van der Waals surface area contributed by atoms with Gasteiger partial charge in [-0.3, -0.25) is 4.98 Å². The normalized spacial score (nSPS) is 12.4. The molecule has 1 N–H and O–H groups in total. The summed E-state index contributed by atoms with van der Waals surface area (Å²) >= 11 is 5.94. The first-order valence-electron chi connectivity index (χ1n) is 5.73. The van der Waals surface area contributed by atoms with Gasteiger partial charge in [0.1, 0.15) is 5.82 Å². The maximum Gasteiger partial charge on any atom is 0.127 e. The van der Waals surface area contributed by atoms with E-state index in [1.807, 2.05) is 25.2 Å². The number of likely N-dealkylation sites (N-methyl/N-ethyl adjacent to an activating group) is 1. The lowest BCUT2D eigenvalue weighted by Crippen LogP contribution is -2.20. The fourth-order valence-electron chi connectivity index (χ4n) is 1.94. The van der Waals surface area contributed by atoms with Crippen LogP contribution in [0.4, 0.5) is 4.39 Å². The summed E-state index contributed by atoms with van der Waals surface area (Å²) in [6.45, 7) is 0.605. The van der Waals surface area contributed by atoms with E-state index in [1.54, 1.807) is 18.3 Å². The Morgan fingerprint density at radius 2 is 2.17 bits per heavy atom. The Morgan fingerprint density at radius 3 is 2.83 bits per heavy atom. The van der Waals surface area contributed by atoms with E-state index in [2.05, 4.69) is 10.3 Å². The van der Waals surface area contributed by atoms with Crippen LogP contribution in [0.1, 0.15) is 17.2 Å². The first-order chi connectivity index (χ1) is 8.72. The van der Waals surface area contributed by atoms with Crippen molar-refractivity contribution in [2.45, 2.75) is 5.92 Å². The molecular formula is C14H14ClFN2. The number of benzene rings is 1. The molecule has 1 aromatic heterocycles. The van der Waals surface area contributed by atoms with Gasteiger partial charge in [-0.05, 0) is 42.9 Å². The summed E-state index contributed by atoms with van der Waals surface area (Å²) in [6, 6.07) is 10.2. The summed E-state index contributed by atoms with van der Waals surface area (Å²) in [5.41, 5.74) is 1.39. The third-order valence-corrected chi connectivity index (χ3v) is 3.02. The van der Waals surface area contributed by atoms with E-state index in [4.69, 9.17) is 11.6 Å². The van der Waals surface area contributed by atoms with Gasteiger partial charge in [-0.1, -0.05) is 17.7 Å². The van der Waals surface area contributed by atoms with E-state index < -0.39 is 0 Å². The number of nitrogens with zero attached hydrogens (tertiary/aromatic N) is 1. The lowest BCUT2D eigenvalue weighted by atomic mass is 9.94. The largest absolute Gasteiger partial charge is 0.319 e. The quantitative estimate of drug-likeness (QED) is 0.917. The number of hydrogen-bond donors (Lipinski definition) is 1. The summed E-state index contributed by atoms with van der Waals surface area (Å²) < 4.78 is 13.9. The molecule has 4 heteroatoms. The predicted molar refractivity (Wildman–Crippen MR) is 71.4 cm³/mol. The van der Waals surface area contributed by atoms with Crippen molar-refractivity contribution in [2.75, 3.05) is 13.6 Å². The molecule has 0 bridgehead atoms. The number of halogens is 2. The molecule has 0 amide bonds. The Morgan fingerprint density at radius 1 is 1.33 bits per heavy atom. The molecule has 0 radical (unpaired) electrons. The van der Waals surface area contributed by atoms with Gasteiger partial charge in [-0.15, -0.1) is 0 Å². The third kappa shape index (κ3) is 2.86. The topological polar surface area (TPSA) is 24.9 Å². The first-order valence-corrected chi connectivity index (χ1v) is 6.10. The van der Waals surface area contributed by atoms with E-state index in [9.17, 15) is 4.39 Å². The van der Waals surface area contributed by atoms with Crippen molar-refractivity contribution >= 4 is 11.6 Å². The zero-order valence-electron chi connectivity index (χ0n) is 10.0. The van der Waals surface area contributed by atoms with Crippen molar-refractivity contribution < 1.29 is 4.39 Å². The fraction of sp³-hybridized carbons (Fsp3) is 0.214. The van der Waals surface area contributed by atoms with Crippen LogP contribution in [0.3, 0.4) is 0 Å². The summed E-state index contributed by atoms with van der Waals surface area (Å²) in [5.74, 6) is -0.403. The van der Waals surface area contributed by atoms with Crippen LogP contribution in [0.25, 0.3) is 0 Å². The van der Waals surface area contributed by atoms with Crippen LogP contribution in [0.5, 0.6) is 0 Å². The Balaban J connectivity index is 2.44. The second kappa shape index (κ2) is 5.94. The highest BCUT2D eigenvalue weighted by Gasteiger charge is 2.18. The zero-order chi connectivity index (χ0) is 13.0. The molecule has 0 saturated carbocycles. The van der Waals surface area contributed by atoms with E-state index in [0.29, 0.717) is 17.1 Å². The second-order valence-corrected chi connectivity index (χ2v) is 4.47. The fourth-order valence-corrected chi connectivity index (χ4v) is 2.12. The van der Waals surface area contributed by atoms with Crippen LogP contribution in [-0.2, 0) is 0 Å². The average Bonchev–Trinajstić information content (AvgIpc) is 2.40. The molecule has 1 aromatic carbocycles. The SMILES string of the molecule is CNCC(c1ccccn1)c1cc(Cl)ccc1F. The molecule has 0 saturated heterocycles. The Labute approximate surface area is 111 Å². The lowest BCUT2D eigenvalue weighted by molar-refractivity contribution is 0.583. The van der Waals surface area contributed by atoms with E-state index in [1.165, 1.54) is 6.07 Å². The summed E-state index contributed by atoms with van der Waals surface area (Å²) in [7, 11) is 1.83. The average molecular weight is 265 g/mol. The molecule has 2 nitrogen and oxygen atoms in total. The van der Waals surface area contributed by atoms with Crippen molar-refractivity contribution in [3.05, 3.63) is 64.7 Å². The van der Waals surface area contributed by atoms with Crippen molar-refractivity contribution in [3.63, 3.8) is 0 Å². The Bertz CT molecular complexity index is 516. The van der Waals surface area contributed by atoms with Gasteiger partial charge in [0.2, 0.25) is 0 Å². The van der Waals surface area contributed by atoms with E-state index >= 15 is 0 Å². The maximum atomic E-state index is 13.9. The van der Waals surface area contributed by atoms with Gasteiger partial charge in [0.25, 0.3) is 0 Å². The van der Waals surface area contributed by atoms with Crippen molar-refractivity contribution in [2.24, 2.45) is 0 Å². The van der Waals surface area contributed by atoms with Gasteiger partial charge in [0, 0.05) is 29.4 Å². The molecule has 0 aliphatic carbocycles. The summed E-state index contributed by atoms with van der Waals surface area (Å²) in [4.78, 5) is 4.30. The van der Waals surface area contributed by atoms with E-state index in [-0.39, 0.29) is 11.7 Å².